The van der Waals surface area contributed by atoms with E-state index in [9.17, 15) is 9.59 Å². The first-order chi connectivity index (χ1) is 9.22. The molecule has 0 radical (unpaired) electrons. The highest BCUT2D eigenvalue weighted by Gasteiger charge is 2.33. The van der Waals surface area contributed by atoms with Gasteiger partial charge in [-0.2, -0.15) is 0 Å². The predicted octanol–water partition coefficient (Wildman–Crippen LogP) is 2.79. The molecule has 0 atom stereocenters. The first-order valence-corrected chi connectivity index (χ1v) is 6.35. The van der Waals surface area contributed by atoms with Crippen LogP contribution in [-0.2, 0) is 0 Å². The third-order valence-electron chi connectivity index (χ3n) is 3.53. The summed E-state index contributed by atoms with van der Waals surface area (Å²) in [6, 6.07) is 5.50. The van der Waals surface area contributed by atoms with Gasteiger partial charge in [0.1, 0.15) is 0 Å². The van der Waals surface area contributed by atoms with E-state index in [1.165, 1.54) is 0 Å². The van der Waals surface area contributed by atoms with Crippen LogP contribution in [0.3, 0.4) is 0 Å². The highest BCUT2D eigenvalue weighted by atomic mass is 16.1. The van der Waals surface area contributed by atoms with Gasteiger partial charge in [0, 0.05) is 17.7 Å². The number of H-pyrrole nitrogens is 1. The van der Waals surface area contributed by atoms with Crippen LogP contribution in [0.5, 0.6) is 0 Å². The topological polar surface area (TPSA) is 62.8 Å². The molecule has 3 rings (SSSR count). The molecular formula is C15H14N2O2. The van der Waals surface area contributed by atoms with Crippen molar-refractivity contribution in [3.8, 4) is 11.4 Å². The Kier molecular flexibility index (Phi) is 2.78. The first-order valence-electron chi connectivity index (χ1n) is 6.35. The van der Waals surface area contributed by atoms with Crippen LogP contribution in [0.2, 0.25) is 0 Å². The molecule has 1 N–H and O–H groups in total. The molecule has 0 saturated heterocycles. The molecule has 2 aromatic heterocycles. The number of nitrogens with one attached hydrogen (secondary N) is 1. The molecule has 2 heterocycles. The molecule has 1 aliphatic carbocycles. The Bertz CT molecular complexity index is 640. The average molecular weight is 254 g/mol. The number of aromatic amines is 1. The van der Waals surface area contributed by atoms with E-state index in [0.29, 0.717) is 22.6 Å². The lowest BCUT2D eigenvalue weighted by Crippen LogP contribution is -2.03. The van der Waals surface area contributed by atoms with Crippen LogP contribution >= 0.6 is 0 Å². The minimum Gasteiger partial charge on any atom is -0.350 e. The number of hydrogen-bond acceptors (Lipinski definition) is 3. The fourth-order valence-electron chi connectivity index (χ4n) is 2.26. The summed E-state index contributed by atoms with van der Waals surface area (Å²) in [5.74, 6) is 0.246. The number of Topliss-reactive ketones (excluding diaryl/α,β-unsaturated/α-hetero) is 1. The molecule has 4 nitrogen and oxygen atoms in total. The van der Waals surface area contributed by atoms with E-state index in [0.717, 1.165) is 24.7 Å². The fraction of sp³-hybridized carbons (Fsp3) is 0.267. The normalized spacial score (nSPS) is 14.4. The monoisotopic (exact) mass is 254 g/mol. The van der Waals surface area contributed by atoms with E-state index < -0.39 is 0 Å². The van der Waals surface area contributed by atoms with E-state index in [1.807, 2.05) is 25.1 Å². The van der Waals surface area contributed by atoms with Gasteiger partial charge >= 0.3 is 0 Å². The molecule has 1 saturated carbocycles. The summed E-state index contributed by atoms with van der Waals surface area (Å²) in [7, 11) is 0. The lowest BCUT2D eigenvalue weighted by molar-refractivity contribution is 0.0963. The van der Waals surface area contributed by atoms with Gasteiger partial charge in [-0.25, -0.2) is 0 Å². The zero-order chi connectivity index (χ0) is 13.4. The Balaban J connectivity index is 2.12. The largest absolute Gasteiger partial charge is 0.350 e. The highest BCUT2D eigenvalue weighted by molar-refractivity contribution is 6.03. The Labute approximate surface area is 110 Å². The molecule has 1 fully saturated rings. The number of nitrogens with zero attached hydrogens (tertiary/aromatic N) is 1. The Morgan fingerprint density at radius 2 is 2.21 bits per heavy atom. The molecule has 19 heavy (non-hydrogen) atoms. The summed E-state index contributed by atoms with van der Waals surface area (Å²) in [5.41, 5.74) is 3.14. The van der Waals surface area contributed by atoms with Crippen LogP contribution in [0.4, 0.5) is 0 Å². The predicted molar refractivity (Wildman–Crippen MR) is 71.2 cm³/mol. The molecule has 0 amide bonds. The number of carbonyl (C=O) groups is 2. The number of ketones is 1. The number of rotatable bonds is 4. The zero-order valence-corrected chi connectivity index (χ0v) is 10.6. The van der Waals surface area contributed by atoms with Crippen molar-refractivity contribution in [3.05, 3.63) is 41.2 Å². The van der Waals surface area contributed by atoms with E-state index in [4.69, 9.17) is 0 Å². The van der Waals surface area contributed by atoms with Gasteiger partial charge in [-0.3, -0.25) is 14.6 Å². The van der Waals surface area contributed by atoms with Gasteiger partial charge in [0.25, 0.3) is 0 Å². The van der Waals surface area contributed by atoms with Crippen molar-refractivity contribution in [2.24, 2.45) is 5.92 Å². The maximum atomic E-state index is 12.2. The van der Waals surface area contributed by atoms with Crippen molar-refractivity contribution in [2.75, 3.05) is 0 Å². The number of aldehydes is 1. The Hall–Kier alpha value is -2.23. The summed E-state index contributed by atoms with van der Waals surface area (Å²) < 4.78 is 0. The van der Waals surface area contributed by atoms with Crippen molar-refractivity contribution < 1.29 is 9.59 Å². The minimum absolute atomic E-state index is 0.114. The number of hydrogen-bond donors (Lipinski definition) is 1. The molecule has 1 aliphatic rings. The van der Waals surface area contributed by atoms with Crippen LogP contribution in [0, 0.1) is 12.8 Å². The van der Waals surface area contributed by atoms with Gasteiger partial charge in [0.05, 0.1) is 17.1 Å². The zero-order valence-electron chi connectivity index (χ0n) is 10.6. The minimum atomic E-state index is 0.114. The summed E-state index contributed by atoms with van der Waals surface area (Å²) in [4.78, 5) is 30.8. The molecular weight excluding hydrogens is 240 g/mol. The standard InChI is InChI=1S/C15H14N2O2/c1-9-11(8-18)14(12-4-2-3-7-16-12)17-13(9)15(19)10-5-6-10/h2-4,7-8,10,17H,5-6H2,1H3. The lowest BCUT2D eigenvalue weighted by Gasteiger charge is -1.97. The van der Waals surface area contributed by atoms with Crippen molar-refractivity contribution in [1.82, 2.24) is 9.97 Å². The molecule has 0 aromatic carbocycles. The SMILES string of the molecule is Cc1c(C(=O)C2CC2)[nH]c(-c2ccccn2)c1C=O. The second-order valence-electron chi connectivity index (χ2n) is 4.89. The summed E-state index contributed by atoms with van der Waals surface area (Å²) in [5, 5.41) is 0. The van der Waals surface area contributed by atoms with Gasteiger partial charge in [-0.05, 0) is 37.5 Å². The highest BCUT2D eigenvalue weighted by Crippen LogP contribution is 2.35. The van der Waals surface area contributed by atoms with Gasteiger partial charge < -0.3 is 4.98 Å². The number of aromatic nitrogens is 2. The van der Waals surface area contributed by atoms with Gasteiger partial charge in [0.15, 0.2) is 12.1 Å². The molecule has 0 spiro atoms. The first kappa shape index (κ1) is 11.8. The quantitative estimate of drug-likeness (QED) is 0.674. The summed E-state index contributed by atoms with van der Waals surface area (Å²) >= 11 is 0. The molecule has 0 unspecified atom stereocenters. The van der Waals surface area contributed by atoms with Crippen molar-refractivity contribution >= 4 is 12.1 Å². The molecule has 0 aliphatic heterocycles. The molecule has 4 heteroatoms. The summed E-state index contributed by atoms with van der Waals surface area (Å²) in [6.07, 6.45) is 4.36. The maximum absolute atomic E-state index is 12.2. The van der Waals surface area contributed by atoms with Crippen molar-refractivity contribution in [3.63, 3.8) is 0 Å². The van der Waals surface area contributed by atoms with Gasteiger partial charge in [0.2, 0.25) is 0 Å². The van der Waals surface area contributed by atoms with Crippen molar-refractivity contribution in [2.45, 2.75) is 19.8 Å². The number of carbonyl (C=O) groups excluding carboxylic acids is 2. The van der Waals surface area contributed by atoms with Crippen LogP contribution in [0.15, 0.2) is 24.4 Å². The van der Waals surface area contributed by atoms with Gasteiger partial charge in [-0.1, -0.05) is 6.07 Å². The van der Waals surface area contributed by atoms with Gasteiger partial charge in [-0.15, -0.1) is 0 Å². The second kappa shape index (κ2) is 4.46. The lowest BCUT2D eigenvalue weighted by atomic mass is 10.1. The fourth-order valence-corrected chi connectivity index (χ4v) is 2.26. The number of pyridine rings is 1. The Morgan fingerprint density at radius 3 is 2.79 bits per heavy atom. The molecule has 0 bridgehead atoms. The van der Waals surface area contributed by atoms with Crippen LogP contribution in [0.1, 0.15) is 39.3 Å². The van der Waals surface area contributed by atoms with Crippen LogP contribution < -0.4 is 0 Å². The maximum Gasteiger partial charge on any atom is 0.182 e. The molecule has 2 aromatic rings. The second-order valence-corrected chi connectivity index (χ2v) is 4.89. The third kappa shape index (κ3) is 1.99. The Morgan fingerprint density at radius 1 is 1.42 bits per heavy atom. The van der Waals surface area contributed by atoms with E-state index in [2.05, 4.69) is 9.97 Å². The van der Waals surface area contributed by atoms with Crippen molar-refractivity contribution in [1.29, 1.82) is 0 Å². The van der Waals surface area contributed by atoms with E-state index in [1.54, 1.807) is 6.20 Å². The third-order valence-corrected chi connectivity index (χ3v) is 3.53. The smallest absolute Gasteiger partial charge is 0.182 e. The summed E-state index contributed by atoms with van der Waals surface area (Å²) in [6.45, 7) is 1.81. The van der Waals surface area contributed by atoms with E-state index in [-0.39, 0.29) is 11.7 Å². The van der Waals surface area contributed by atoms with E-state index >= 15 is 0 Å². The van der Waals surface area contributed by atoms with Crippen LogP contribution in [0.25, 0.3) is 11.4 Å². The molecule has 96 valence electrons. The van der Waals surface area contributed by atoms with Crippen LogP contribution in [-0.4, -0.2) is 22.0 Å². The average Bonchev–Trinajstić information content (AvgIpc) is 3.23.